The normalized spacial score (nSPS) is 14.7. The van der Waals surface area contributed by atoms with Crippen molar-refractivity contribution in [1.29, 1.82) is 5.26 Å². The van der Waals surface area contributed by atoms with Crippen molar-refractivity contribution in [3.8, 4) is 11.8 Å². The first-order valence-electron chi connectivity index (χ1n) is 8.51. The number of rotatable bonds is 6. The predicted molar refractivity (Wildman–Crippen MR) is 98.4 cm³/mol. The van der Waals surface area contributed by atoms with E-state index >= 15 is 0 Å². The fourth-order valence-electron chi connectivity index (χ4n) is 3.00. The van der Waals surface area contributed by atoms with Crippen molar-refractivity contribution < 1.29 is 9.66 Å². The molecule has 134 valence electrons. The summed E-state index contributed by atoms with van der Waals surface area (Å²) in [6.07, 6.45) is 0. The van der Waals surface area contributed by atoms with Gasteiger partial charge in [0.25, 0.3) is 5.69 Å². The van der Waals surface area contributed by atoms with Crippen molar-refractivity contribution in [1.82, 2.24) is 4.90 Å². The van der Waals surface area contributed by atoms with Crippen LogP contribution >= 0.6 is 0 Å². The van der Waals surface area contributed by atoms with Crippen LogP contribution in [0.3, 0.4) is 0 Å². The highest BCUT2D eigenvalue weighted by Gasteiger charge is 2.18. The van der Waals surface area contributed by atoms with Crippen molar-refractivity contribution in [2.24, 2.45) is 0 Å². The molecular weight excluding hydrogens is 332 g/mol. The van der Waals surface area contributed by atoms with E-state index in [1.165, 1.54) is 6.07 Å². The summed E-state index contributed by atoms with van der Waals surface area (Å²) in [6.45, 7) is 4.67. The van der Waals surface area contributed by atoms with Gasteiger partial charge in [0.15, 0.2) is 0 Å². The number of para-hydroxylation sites is 1. The first-order chi connectivity index (χ1) is 12.7. The highest BCUT2D eigenvalue weighted by molar-refractivity contribution is 5.53. The van der Waals surface area contributed by atoms with Crippen LogP contribution in [0.4, 0.5) is 11.4 Å². The third-order valence-corrected chi connectivity index (χ3v) is 4.45. The van der Waals surface area contributed by atoms with Crippen LogP contribution in [0, 0.1) is 21.4 Å². The first kappa shape index (κ1) is 17.7. The van der Waals surface area contributed by atoms with Gasteiger partial charge in [-0.15, -0.1) is 0 Å². The largest absolute Gasteiger partial charge is 0.491 e. The Morgan fingerprint density at radius 3 is 2.62 bits per heavy atom. The number of nitriles is 1. The van der Waals surface area contributed by atoms with E-state index in [-0.39, 0.29) is 10.6 Å². The number of hydrogen-bond acceptors (Lipinski definition) is 6. The summed E-state index contributed by atoms with van der Waals surface area (Å²) in [6, 6.07) is 16.1. The zero-order valence-electron chi connectivity index (χ0n) is 14.4. The number of piperazine rings is 1. The Balaban J connectivity index is 1.48. The van der Waals surface area contributed by atoms with Gasteiger partial charge in [0.05, 0.1) is 10.5 Å². The predicted octanol–water partition coefficient (Wildman–Crippen LogP) is 2.67. The minimum absolute atomic E-state index is 0.120. The zero-order valence-corrected chi connectivity index (χ0v) is 14.4. The standard InChI is InChI=1S/C19H20N4O3/c20-15-16-4-1-2-7-19(16)26-13-12-21-8-10-22(11-9-21)17-5-3-6-18(14-17)23(24)25/h1-7,14H,8-13H2. The first-order valence-corrected chi connectivity index (χ1v) is 8.51. The summed E-state index contributed by atoms with van der Waals surface area (Å²) in [5, 5.41) is 20.0. The lowest BCUT2D eigenvalue weighted by Crippen LogP contribution is -2.47. The average Bonchev–Trinajstić information content (AvgIpc) is 2.69. The molecule has 0 saturated carbocycles. The second kappa shape index (κ2) is 8.32. The molecule has 0 radical (unpaired) electrons. The molecule has 7 heteroatoms. The summed E-state index contributed by atoms with van der Waals surface area (Å²) >= 11 is 0. The van der Waals surface area contributed by atoms with Crippen molar-refractivity contribution in [3.05, 3.63) is 64.2 Å². The molecule has 26 heavy (non-hydrogen) atoms. The third kappa shape index (κ3) is 4.29. The Morgan fingerprint density at radius 2 is 1.88 bits per heavy atom. The van der Waals surface area contributed by atoms with E-state index in [1.54, 1.807) is 24.3 Å². The number of hydrogen-bond donors (Lipinski definition) is 0. The van der Waals surface area contributed by atoms with Gasteiger partial charge >= 0.3 is 0 Å². The molecule has 2 aromatic carbocycles. The molecule has 2 aromatic rings. The number of anilines is 1. The zero-order chi connectivity index (χ0) is 18.4. The average molecular weight is 352 g/mol. The molecule has 1 saturated heterocycles. The fraction of sp³-hybridized carbons (Fsp3) is 0.316. The highest BCUT2D eigenvalue weighted by Crippen LogP contribution is 2.22. The molecule has 0 atom stereocenters. The molecule has 0 spiro atoms. The lowest BCUT2D eigenvalue weighted by Gasteiger charge is -2.35. The molecule has 0 bridgehead atoms. The summed E-state index contributed by atoms with van der Waals surface area (Å²) in [4.78, 5) is 15.0. The Bertz CT molecular complexity index is 810. The lowest BCUT2D eigenvalue weighted by molar-refractivity contribution is -0.384. The molecule has 3 rings (SSSR count). The second-order valence-corrected chi connectivity index (χ2v) is 6.06. The molecule has 1 aliphatic rings. The molecule has 7 nitrogen and oxygen atoms in total. The number of benzene rings is 2. The van der Waals surface area contributed by atoms with Crippen LogP contribution in [0.25, 0.3) is 0 Å². The van der Waals surface area contributed by atoms with E-state index in [0.717, 1.165) is 38.4 Å². The summed E-state index contributed by atoms with van der Waals surface area (Å²) in [5.74, 6) is 0.616. The van der Waals surface area contributed by atoms with Gasteiger partial charge in [-0.1, -0.05) is 18.2 Å². The molecule has 0 amide bonds. The fourth-order valence-corrected chi connectivity index (χ4v) is 3.00. The Kier molecular flexibility index (Phi) is 5.66. The van der Waals surface area contributed by atoms with Gasteiger partial charge in [-0.25, -0.2) is 0 Å². The van der Waals surface area contributed by atoms with Gasteiger partial charge in [-0.2, -0.15) is 5.26 Å². The number of ether oxygens (including phenoxy) is 1. The van der Waals surface area contributed by atoms with Gasteiger partial charge in [0.1, 0.15) is 18.4 Å². The van der Waals surface area contributed by atoms with E-state index in [4.69, 9.17) is 10.00 Å². The number of non-ortho nitro benzene ring substituents is 1. The van der Waals surface area contributed by atoms with E-state index in [1.807, 2.05) is 18.2 Å². The third-order valence-electron chi connectivity index (χ3n) is 4.45. The molecule has 0 aromatic heterocycles. The van der Waals surface area contributed by atoms with Gasteiger partial charge < -0.3 is 9.64 Å². The van der Waals surface area contributed by atoms with E-state index in [0.29, 0.717) is 17.9 Å². The number of nitro groups is 1. The van der Waals surface area contributed by atoms with Crippen molar-refractivity contribution in [3.63, 3.8) is 0 Å². The van der Waals surface area contributed by atoms with Crippen LogP contribution in [-0.4, -0.2) is 49.2 Å². The quantitative estimate of drug-likeness (QED) is 0.587. The molecule has 0 aliphatic carbocycles. The van der Waals surface area contributed by atoms with Gasteiger partial charge in [-0.05, 0) is 18.2 Å². The Labute approximate surface area is 152 Å². The van der Waals surface area contributed by atoms with Crippen LogP contribution < -0.4 is 9.64 Å². The minimum Gasteiger partial charge on any atom is -0.491 e. The van der Waals surface area contributed by atoms with Gasteiger partial charge in [-0.3, -0.25) is 15.0 Å². The summed E-state index contributed by atoms with van der Waals surface area (Å²) < 4.78 is 5.73. The maximum absolute atomic E-state index is 10.9. The lowest BCUT2D eigenvalue weighted by atomic mass is 10.2. The van der Waals surface area contributed by atoms with Crippen LogP contribution in [0.5, 0.6) is 5.75 Å². The van der Waals surface area contributed by atoms with E-state index in [2.05, 4.69) is 15.9 Å². The van der Waals surface area contributed by atoms with E-state index < -0.39 is 0 Å². The highest BCUT2D eigenvalue weighted by atomic mass is 16.6. The van der Waals surface area contributed by atoms with Crippen molar-refractivity contribution >= 4 is 11.4 Å². The van der Waals surface area contributed by atoms with Crippen LogP contribution in [0.15, 0.2) is 48.5 Å². The van der Waals surface area contributed by atoms with Crippen molar-refractivity contribution in [2.45, 2.75) is 0 Å². The number of nitro benzene ring substituents is 1. The molecule has 1 heterocycles. The molecule has 0 unspecified atom stereocenters. The van der Waals surface area contributed by atoms with Crippen LogP contribution in [0.2, 0.25) is 0 Å². The van der Waals surface area contributed by atoms with Crippen molar-refractivity contribution in [2.75, 3.05) is 44.2 Å². The molecule has 1 fully saturated rings. The minimum atomic E-state index is -0.365. The van der Waals surface area contributed by atoms with Crippen LogP contribution in [-0.2, 0) is 0 Å². The Morgan fingerprint density at radius 1 is 1.12 bits per heavy atom. The topological polar surface area (TPSA) is 82.6 Å². The summed E-state index contributed by atoms with van der Waals surface area (Å²) in [7, 11) is 0. The Hall–Kier alpha value is -3.11. The second-order valence-electron chi connectivity index (χ2n) is 6.06. The maximum atomic E-state index is 10.9. The smallest absolute Gasteiger partial charge is 0.271 e. The molecule has 1 aliphatic heterocycles. The SMILES string of the molecule is N#Cc1ccccc1OCCN1CCN(c2cccc([N+](=O)[O-])c2)CC1. The molecular formula is C19H20N4O3. The molecule has 0 N–H and O–H groups in total. The van der Waals surface area contributed by atoms with E-state index in [9.17, 15) is 10.1 Å². The van der Waals surface area contributed by atoms with Gasteiger partial charge in [0, 0.05) is 50.5 Å². The summed E-state index contributed by atoms with van der Waals surface area (Å²) in [5.41, 5.74) is 1.55. The monoisotopic (exact) mass is 352 g/mol. The van der Waals surface area contributed by atoms with Gasteiger partial charge in [0.2, 0.25) is 0 Å². The number of nitrogens with zero attached hydrogens (tertiary/aromatic N) is 4. The van der Waals surface area contributed by atoms with Crippen LogP contribution in [0.1, 0.15) is 5.56 Å². The maximum Gasteiger partial charge on any atom is 0.271 e.